The summed E-state index contributed by atoms with van der Waals surface area (Å²) in [4.78, 5) is 0. The Bertz CT molecular complexity index is 381. The normalized spacial score (nSPS) is 28.2. The van der Waals surface area contributed by atoms with Crippen molar-refractivity contribution in [1.82, 2.24) is 5.06 Å². The van der Waals surface area contributed by atoms with Crippen molar-refractivity contribution in [3.05, 3.63) is 0 Å². The van der Waals surface area contributed by atoms with Crippen LogP contribution in [-0.2, 0) is 14.2 Å². The van der Waals surface area contributed by atoms with Crippen molar-refractivity contribution >= 4 is 0 Å². The first kappa shape index (κ1) is 22.1. The first-order chi connectivity index (χ1) is 12.4. The van der Waals surface area contributed by atoms with Crippen LogP contribution in [0.1, 0.15) is 92.4 Å². The number of nitrogens with zero attached hydrogens (tertiary/aromatic N) is 1. The van der Waals surface area contributed by atoms with Crippen molar-refractivity contribution < 1.29 is 19.4 Å². The summed E-state index contributed by atoms with van der Waals surface area (Å²) in [6.45, 7) is 12.2. The first-order valence-electron chi connectivity index (χ1n) is 10.8. The van der Waals surface area contributed by atoms with Crippen LogP contribution in [0.25, 0.3) is 0 Å². The van der Waals surface area contributed by atoms with Crippen LogP contribution in [0, 0.1) is 0 Å². The Morgan fingerprint density at radius 2 is 1.62 bits per heavy atom. The zero-order chi connectivity index (χ0) is 19.2. The fraction of sp³-hybridized carbons (Fsp3) is 1.00. The third kappa shape index (κ3) is 4.79. The lowest BCUT2D eigenvalue weighted by atomic mass is 9.72. The molecule has 0 aromatic carbocycles. The smallest absolute Gasteiger partial charge is 0.158 e. The van der Waals surface area contributed by atoms with Crippen molar-refractivity contribution in [2.45, 2.75) is 122 Å². The van der Waals surface area contributed by atoms with E-state index in [1.54, 1.807) is 5.06 Å². The highest BCUT2D eigenvalue weighted by molar-refractivity contribution is 5.03. The van der Waals surface area contributed by atoms with E-state index in [-0.39, 0.29) is 29.6 Å². The molecular weight excluding hydrogens is 330 g/mol. The second-order valence-corrected chi connectivity index (χ2v) is 8.28. The third-order valence-electron chi connectivity index (χ3n) is 6.83. The van der Waals surface area contributed by atoms with Crippen LogP contribution in [0.4, 0.5) is 0 Å². The zero-order valence-corrected chi connectivity index (χ0v) is 17.6. The molecular formula is C21H41NO4. The minimum absolute atomic E-state index is 0.0283. The van der Waals surface area contributed by atoms with E-state index in [2.05, 4.69) is 34.6 Å². The predicted octanol–water partition coefficient (Wildman–Crippen LogP) is 4.91. The Kier molecular flexibility index (Phi) is 8.35. The number of hydrogen-bond donors (Lipinski definition) is 1. The van der Waals surface area contributed by atoms with E-state index >= 15 is 0 Å². The van der Waals surface area contributed by atoms with E-state index in [1.165, 1.54) is 6.42 Å². The highest BCUT2D eigenvalue weighted by Gasteiger charge is 2.51. The molecule has 2 aliphatic heterocycles. The van der Waals surface area contributed by atoms with Crippen molar-refractivity contribution in [3.8, 4) is 0 Å². The predicted molar refractivity (Wildman–Crippen MR) is 103 cm³/mol. The van der Waals surface area contributed by atoms with Gasteiger partial charge in [-0.3, -0.25) is 0 Å². The Balaban J connectivity index is 1.96. The molecule has 5 nitrogen and oxygen atoms in total. The lowest BCUT2D eigenvalue weighted by Gasteiger charge is -2.56. The summed E-state index contributed by atoms with van der Waals surface area (Å²) in [5.41, 5.74) is -0.378. The van der Waals surface area contributed by atoms with Crippen molar-refractivity contribution in [2.75, 3.05) is 13.2 Å². The molecule has 2 heterocycles. The van der Waals surface area contributed by atoms with Gasteiger partial charge in [-0.05, 0) is 64.7 Å². The van der Waals surface area contributed by atoms with Crippen LogP contribution >= 0.6 is 0 Å². The Labute approximate surface area is 160 Å². The molecule has 0 bridgehead atoms. The molecule has 0 saturated carbocycles. The lowest BCUT2D eigenvalue weighted by Crippen LogP contribution is -2.64. The van der Waals surface area contributed by atoms with Gasteiger partial charge in [-0.15, -0.1) is 0 Å². The van der Waals surface area contributed by atoms with Gasteiger partial charge in [0, 0.05) is 17.7 Å². The number of hydroxylamine groups is 2. The second-order valence-electron chi connectivity index (χ2n) is 8.28. The van der Waals surface area contributed by atoms with Crippen LogP contribution in [0.5, 0.6) is 0 Å². The molecule has 0 aliphatic carbocycles. The Hall–Kier alpha value is -0.200. The van der Waals surface area contributed by atoms with Gasteiger partial charge in [-0.2, -0.15) is 5.06 Å². The van der Waals surface area contributed by atoms with Gasteiger partial charge in [0.1, 0.15) is 0 Å². The fourth-order valence-electron chi connectivity index (χ4n) is 4.78. The molecule has 154 valence electrons. The van der Waals surface area contributed by atoms with Crippen molar-refractivity contribution in [2.24, 2.45) is 0 Å². The van der Waals surface area contributed by atoms with E-state index in [0.29, 0.717) is 6.61 Å². The lowest BCUT2D eigenvalue weighted by molar-refractivity contribution is -0.287. The summed E-state index contributed by atoms with van der Waals surface area (Å²) in [6, 6.07) is 0. The molecule has 2 fully saturated rings. The molecule has 0 spiro atoms. The van der Waals surface area contributed by atoms with E-state index < -0.39 is 0 Å². The van der Waals surface area contributed by atoms with Gasteiger partial charge in [-0.25, -0.2) is 0 Å². The van der Waals surface area contributed by atoms with Crippen LogP contribution < -0.4 is 0 Å². The molecule has 2 rings (SSSR count). The standard InChI is InChI=1S/C21H41NO4/c1-6-20(7-2)14-18(15-21(8-3,9-4)22(20)23)25-16-17(5)26-19-12-10-11-13-24-19/h17-19,23H,6-16H2,1-5H3. The van der Waals surface area contributed by atoms with Gasteiger partial charge < -0.3 is 19.4 Å². The second kappa shape index (κ2) is 9.83. The third-order valence-corrected chi connectivity index (χ3v) is 6.83. The first-order valence-corrected chi connectivity index (χ1v) is 10.8. The average molecular weight is 372 g/mol. The van der Waals surface area contributed by atoms with E-state index in [0.717, 1.165) is 58.0 Å². The van der Waals surface area contributed by atoms with Gasteiger partial charge in [0.25, 0.3) is 0 Å². The summed E-state index contributed by atoms with van der Waals surface area (Å²) < 4.78 is 18.0. The van der Waals surface area contributed by atoms with Crippen LogP contribution in [0.15, 0.2) is 0 Å². The van der Waals surface area contributed by atoms with Crippen molar-refractivity contribution in [1.29, 1.82) is 0 Å². The van der Waals surface area contributed by atoms with Gasteiger partial charge in [0.15, 0.2) is 6.29 Å². The quantitative estimate of drug-likeness (QED) is 0.624. The molecule has 2 aliphatic rings. The molecule has 0 radical (unpaired) electrons. The summed E-state index contributed by atoms with van der Waals surface area (Å²) in [5, 5.41) is 12.8. The van der Waals surface area contributed by atoms with Crippen LogP contribution in [-0.4, -0.2) is 53.1 Å². The van der Waals surface area contributed by atoms with Gasteiger partial charge >= 0.3 is 0 Å². The van der Waals surface area contributed by atoms with Gasteiger partial charge in [0.05, 0.1) is 18.8 Å². The monoisotopic (exact) mass is 371 g/mol. The van der Waals surface area contributed by atoms with Crippen LogP contribution in [0.2, 0.25) is 0 Å². The maximum atomic E-state index is 11.1. The average Bonchev–Trinajstić information content (AvgIpc) is 2.68. The summed E-state index contributed by atoms with van der Waals surface area (Å²) in [5.74, 6) is 0. The van der Waals surface area contributed by atoms with Gasteiger partial charge in [0.2, 0.25) is 0 Å². The van der Waals surface area contributed by atoms with Crippen LogP contribution in [0.3, 0.4) is 0 Å². The number of hydrogen-bond acceptors (Lipinski definition) is 5. The van der Waals surface area contributed by atoms with Gasteiger partial charge in [-0.1, -0.05) is 27.7 Å². The fourth-order valence-corrected chi connectivity index (χ4v) is 4.78. The molecule has 26 heavy (non-hydrogen) atoms. The van der Waals surface area contributed by atoms with E-state index in [9.17, 15) is 5.21 Å². The van der Waals surface area contributed by atoms with E-state index in [1.807, 2.05) is 0 Å². The molecule has 0 aromatic rings. The largest absolute Gasteiger partial charge is 0.375 e. The molecule has 2 unspecified atom stereocenters. The molecule has 5 heteroatoms. The summed E-state index contributed by atoms with van der Waals surface area (Å²) >= 11 is 0. The topological polar surface area (TPSA) is 51.2 Å². The SMILES string of the molecule is CCC1(CC)CC(OCC(C)OC2CCCCO2)CC(CC)(CC)N1O. The maximum Gasteiger partial charge on any atom is 0.158 e. The number of ether oxygens (including phenoxy) is 3. The summed E-state index contributed by atoms with van der Waals surface area (Å²) in [6.07, 6.45) is 8.91. The number of rotatable bonds is 9. The Morgan fingerprint density at radius 1 is 1.04 bits per heavy atom. The Morgan fingerprint density at radius 3 is 2.08 bits per heavy atom. The molecule has 0 amide bonds. The minimum atomic E-state index is -0.189. The van der Waals surface area contributed by atoms with E-state index in [4.69, 9.17) is 14.2 Å². The minimum Gasteiger partial charge on any atom is -0.375 e. The highest BCUT2D eigenvalue weighted by Crippen LogP contribution is 2.45. The highest BCUT2D eigenvalue weighted by atomic mass is 16.7. The molecule has 1 N–H and O–H groups in total. The summed E-state index contributed by atoms with van der Waals surface area (Å²) in [7, 11) is 0. The zero-order valence-electron chi connectivity index (χ0n) is 17.6. The maximum absolute atomic E-state index is 11.1. The van der Waals surface area contributed by atoms with Crippen molar-refractivity contribution in [3.63, 3.8) is 0 Å². The number of piperidine rings is 1. The molecule has 2 atom stereocenters. The molecule has 2 saturated heterocycles. The molecule has 0 aromatic heterocycles.